The minimum atomic E-state index is 0.463. The second-order valence-corrected chi connectivity index (χ2v) is 4.22. The molecule has 1 heterocycles. The predicted molar refractivity (Wildman–Crippen MR) is 69.4 cm³/mol. The first kappa shape index (κ1) is 11.5. The van der Waals surface area contributed by atoms with E-state index in [9.17, 15) is 0 Å². The lowest BCUT2D eigenvalue weighted by Gasteiger charge is -2.12. The smallest absolute Gasteiger partial charge is 0.132 e. The Labute approximate surface area is 101 Å². The quantitative estimate of drug-likeness (QED) is 0.857. The van der Waals surface area contributed by atoms with Gasteiger partial charge in [-0.3, -0.25) is 0 Å². The highest BCUT2D eigenvalue weighted by atomic mass is 16.5. The van der Waals surface area contributed by atoms with Crippen molar-refractivity contribution >= 4 is 5.82 Å². The molecule has 3 heteroatoms. The Bertz CT molecular complexity index is 550. The van der Waals surface area contributed by atoms with Crippen molar-refractivity contribution in [3.05, 3.63) is 47.2 Å². The average Bonchev–Trinajstić information content (AvgIpc) is 2.25. The first-order chi connectivity index (χ1) is 8.06. The van der Waals surface area contributed by atoms with E-state index < -0.39 is 0 Å². The van der Waals surface area contributed by atoms with Crippen LogP contribution in [0.2, 0.25) is 0 Å². The van der Waals surface area contributed by atoms with Gasteiger partial charge in [-0.2, -0.15) is 0 Å². The van der Waals surface area contributed by atoms with Crippen LogP contribution < -0.4 is 10.5 Å². The fraction of sp³-hybridized carbons (Fsp3) is 0.214. The van der Waals surface area contributed by atoms with Crippen LogP contribution in [-0.4, -0.2) is 4.98 Å². The van der Waals surface area contributed by atoms with Gasteiger partial charge in [0.15, 0.2) is 0 Å². The van der Waals surface area contributed by atoms with Gasteiger partial charge in [0.05, 0.1) is 0 Å². The first-order valence-corrected chi connectivity index (χ1v) is 5.53. The van der Waals surface area contributed by atoms with Crippen molar-refractivity contribution in [1.29, 1.82) is 0 Å². The zero-order chi connectivity index (χ0) is 12.4. The number of hydrogen-bond donors (Lipinski definition) is 1. The molecule has 0 saturated heterocycles. The molecular weight excluding hydrogens is 212 g/mol. The fourth-order valence-corrected chi connectivity index (χ4v) is 1.73. The summed E-state index contributed by atoms with van der Waals surface area (Å²) in [7, 11) is 0. The number of nitrogens with zero attached hydrogens (tertiary/aromatic N) is 1. The molecule has 1 aromatic carbocycles. The molecule has 2 N–H and O–H groups in total. The van der Waals surface area contributed by atoms with Gasteiger partial charge in [-0.25, -0.2) is 4.98 Å². The molecule has 2 aromatic rings. The van der Waals surface area contributed by atoms with Crippen molar-refractivity contribution in [2.24, 2.45) is 0 Å². The molecule has 0 aliphatic carbocycles. The Balaban J connectivity index is 2.36. The van der Waals surface area contributed by atoms with Gasteiger partial charge >= 0.3 is 0 Å². The van der Waals surface area contributed by atoms with Crippen LogP contribution >= 0.6 is 0 Å². The standard InChI is InChI=1S/C14H16N2O/c1-9-6-10(2)11(3)13(7-9)17-12-4-5-16-14(15)8-12/h4-8H,1-3H3,(H2,15,16). The van der Waals surface area contributed by atoms with Gasteiger partial charge < -0.3 is 10.5 Å². The number of aryl methyl sites for hydroxylation is 2. The molecule has 0 atom stereocenters. The molecule has 0 fully saturated rings. The van der Waals surface area contributed by atoms with Gasteiger partial charge in [-0.05, 0) is 49.6 Å². The van der Waals surface area contributed by atoms with E-state index in [1.165, 1.54) is 11.1 Å². The Hall–Kier alpha value is -2.03. The molecule has 88 valence electrons. The summed E-state index contributed by atoms with van der Waals surface area (Å²) in [6.07, 6.45) is 1.64. The van der Waals surface area contributed by atoms with Crippen molar-refractivity contribution in [1.82, 2.24) is 4.98 Å². The van der Waals surface area contributed by atoms with E-state index in [1.54, 1.807) is 18.3 Å². The Morgan fingerprint density at radius 2 is 1.88 bits per heavy atom. The normalized spacial score (nSPS) is 10.3. The highest BCUT2D eigenvalue weighted by molar-refractivity contribution is 5.45. The van der Waals surface area contributed by atoms with E-state index in [0.717, 1.165) is 11.3 Å². The van der Waals surface area contributed by atoms with Crippen LogP contribution in [0.1, 0.15) is 16.7 Å². The molecule has 0 aliphatic heterocycles. The minimum Gasteiger partial charge on any atom is -0.457 e. The molecule has 0 unspecified atom stereocenters. The van der Waals surface area contributed by atoms with E-state index >= 15 is 0 Å². The Morgan fingerprint density at radius 3 is 2.59 bits per heavy atom. The zero-order valence-electron chi connectivity index (χ0n) is 10.3. The second kappa shape index (κ2) is 4.45. The van der Waals surface area contributed by atoms with E-state index in [1.807, 2.05) is 6.07 Å². The van der Waals surface area contributed by atoms with Gasteiger partial charge in [0, 0.05) is 12.3 Å². The molecular formula is C14H16N2O. The topological polar surface area (TPSA) is 48.1 Å². The lowest BCUT2D eigenvalue weighted by molar-refractivity contribution is 0.477. The van der Waals surface area contributed by atoms with Crippen molar-refractivity contribution in [2.45, 2.75) is 20.8 Å². The minimum absolute atomic E-state index is 0.463. The van der Waals surface area contributed by atoms with Crippen molar-refractivity contribution < 1.29 is 4.74 Å². The lowest BCUT2D eigenvalue weighted by atomic mass is 10.1. The molecule has 0 spiro atoms. The molecule has 0 aliphatic rings. The zero-order valence-corrected chi connectivity index (χ0v) is 10.3. The molecule has 0 radical (unpaired) electrons. The van der Waals surface area contributed by atoms with Crippen LogP contribution in [0, 0.1) is 20.8 Å². The number of nitrogen functional groups attached to an aromatic ring is 1. The van der Waals surface area contributed by atoms with Crippen LogP contribution in [0.5, 0.6) is 11.5 Å². The second-order valence-electron chi connectivity index (χ2n) is 4.22. The fourth-order valence-electron chi connectivity index (χ4n) is 1.73. The number of ether oxygens (including phenoxy) is 1. The third-order valence-electron chi connectivity index (χ3n) is 2.74. The summed E-state index contributed by atoms with van der Waals surface area (Å²) in [4.78, 5) is 3.94. The number of benzene rings is 1. The molecule has 17 heavy (non-hydrogen) atoms. The summed E-state index contributed by atoms with van der Waals surface area (Å²) < 4.78 is 5.83. The van der Waals surface area contributed by atoms with Crippen LogP contribution in [0.15, 0.2) is 30.5 Å². The summed E-state index contributed by atoms with van der Waals surface area (Å²) in [5, 5.41) is 0. The molecule has 0 amide bonds. The van der Waals surface area contributed by atoms with E-state index in [0.29, 0.717) is 11.6 Å². The van der Waals surface area contributed by atoms with E-state index in [4.69, 9.17) is 10.5 Å². The Kier molecular flexibility index (Phi) is 3.00. The van der Waals surface area contributed by atoms with Crippen LogP contribution in [0.4, 0.5) is 5.82 Å². The van der Waals surface area contributed by atoms with Gasteiger partial charge in [-0.1, -0.05) is 6.07 Å². The third-order valence-corrected chi connectivity index (χ3v) is 2.74. The number of nitrogens with two attached hydrogens (primary N) is 1. The first-order valence-electron chi connectivity index (χ1n) is 5.53. The highest BCUT2D eigenvalue weighted by Gasteiger charge is 2.05. The largest absolute Gasteiger partial charge is 0.457 e. The lowest BCUT2D eigenvalue weighted by Crippen LogP contribution is -1.94. The molecule has 1 aromatic heterocycles. The highest BCUT2D eigenvalue weighted by Crippen LogP contribution is 2.28. The Morgan fingerprint density at radius 1 is 1.12 bits per heavy atom. The van der Waals surface area contributed by atoms with Crippen molar-refractivity contribution in [3.8, 4) is 11.5 Å². The van der Waals surface area contributed by atoms with Crippen LogP contribution in [0.3, 0.4) is 0 Å². The van der Waals surface area contributed by atoms with E-state index in [2.05, 4.69) is 31.8 Å². The van der Waals surface area contributed by atoms with Crippen LogP contribution in [-0.2, 0) is 0 Å². The summed E-state index contributed by atoms with van der Waals surface area (Å²) in [5.74, 6) is 2.04. The maximum absolute atomic E-state index is 5.83. The van der Waals surface area contributed by atoms with Crippen molar-refractivity contribution in [3.63, 3.8) is 0 Å². The van der Waals surface area contributed by atoms with Gasteiger partial charge in [0.1, 0.15) is 17.3 Å². The summed E-state index contributed by atoms with van der Waals surface area (Å²) in [6.45, 7) is 6.19. The van der Waals surface area contributed by atoms with E-state index in [-0.39, 0.29) is 0 Å². The number of aromatic nitrogens is 1. The van der Waals surface area contributed by atoms with Gasteiger partial charge in [-0.15, -0.1) is 0 Å². The third kappa shape index (κ3) is 2.56. The number of pyridine rings is 1. The summed E-state index contributed by atoms with van der Waals surface area (Å²) >= 11 is 0. The number of hydrogen-bond acceptors (Lipinski definition) is 3. The molecule has 0 saturated carbocycles. The van der Waals surface area contributed by atoms with Crippen LogP contribution in [0.25, 0.3) is 0 Å². The van der Waals surface area contributed by atoms with Gasteiger partial charge in [0.25, 0.3) is 0 Å². The molecule has 3 nitrogen and oxygen atoms in total. The maximum atomic E-state index is 5.83. The monoisotopic (exact) mass is 228 g/mol. The van der Waals surface area contributed by atoms with Crippen molar-refractivity contribution in [2.75, 3.05) is 5.73 Å². The average molecular weight is 228 g/mol. The number of rotatable bonds is 2. The maximum Gasteiger partial charge on any atom is 0.132 e. The predicted octanol–water partition coefficient (Wildman–Crippen LogP) is 3.38. The summed E-state index contributed by atoms with van der Waals surface area (Å²) in [6, 6.07) is 7.69. The molecule has 0 bridgehead atoms. The van der Waals surface area contributed by atoms with Gasteiger partial charge in [0.2, 0.25) is 0 Å². The summed E-state index contributed by atoms with van der Waals surface area (Å²) in [5.41, 5.74) is 9.17. The number of anilines is 1. The molecule has 2 rings (SSSR count). The SMILES string of the molecule is Cc1cc(C)c(C)c(Oc2ccnc(N)c2)c1.